The first-order chi connectivity index (χ1) is 11.5. The molecule has 2 N–H and O–H groups in total. The lowest BCUT2D eigenvalue weighted by Crippen LogP contribution is -2.50. The van der Waals surface area contributed by atoms with E-state index in [4.69, 9.17) is 4.74 Å². The number of nitrogens with zero attached hydrogens (tertiary/aromatic N) is 1. The van der Waals surface area contributed by atoms with E-state index in [1.807, 2.05) is 4.90 Å². The third-order valence-electron chi connectivity index (χ3n) is 3.77. The fourth-order valence-electron chi connectivity index (χ4n) is 2.78. The lowest BCUT2D eigenvalue weighted by molar-refractivity contribution is -0.122. The van der Waals surface area contributed by atoms with Crippen molar-refractivity contribution in [2.45, 2.75) is 25.8 Å². The average Bonchev–Trinajstić information content (AvgIpc) is 2.51. The number of halogens is 1. The molecule has 1 heterocycles. The van der Waals surface area contributed by atoms with Crippen LogP contribution in [-0.2, 0) is 9.59 Å². The molecule has 0 radical (unpaired) electrons. The van der Waals surface area contributed by atoms with E-state index in [9.17, 15) is 14.0 Å². The van der Waals surface area contributed by atoms with Gasteiger partial charge in [-0.05, 0) is 31.5 Å². The predicted molar refractivity (Wildman–Crippen MR) is 88.2 cm³/mol. The van der Waals surface area contributed by atoms with Crippen molar-refractivity contribution in [3.05, 3.63) is 30.1 Å². The van der Waals surface area contributed by atoms with E-state index >= 15 is 0 Å². The molecule has 1 unspecified atom stereocenters. The standard InChI is InChI=1S/C17H24FN3O3/c1-13(22)20-15-5-3-8-21(11-15)12-17(23)19-7-9-24-16-6-2-4-14(18)10-16/h2,4,6,10,15H,3,5,7-9,11-12H2,1H3,(H,19,23)(H,20,22). The second-order valence-corrected chi connectivity index (χ2v) is 5.93. The normalized spacial score (nSPS) is 18.0. The van der Waals surface area contributed by atoms with Crippen LogP contribution in [0.4, 0.5) is 4.39 Å². The zero-order valence-corrected chi connectivity index (χ0v) is 13.9. The Balaban J connectivity index is 1.63. The van der Waals surface area contributed by atoms with E-state index in [-0.39, 0.29) is 30.3 Å². The van der Waals surface area contributed by atoms with Crippen LogP contribution in [-0.4, -0.2) is 55.5 Å². The van der Waals surface area contributed by atoms with Gasteiger partial charge in [-0.25, -0.2) is 4.39 Å². The van der Waals surface area contributed by atoms with Crippen LogP contribution < -0.4 is 15.4 Å². The van der Waals surface area contributed by atoms with Crippen LogP contribution in [0.3, 0.4) is 0 Å². The number of carbonyl (C=O) groups is 2. The molecule has 0 saturated carbocycles. The second kappa shape index (κ2) is 9.22. The van der Waals surface area contributed by atoms with Gasteiger partial charge in [0.2, 0.25) is 11.8 Å². The summed E-state index contributed by atoms with van der Waals surface area (Å²) >= 11 is 0. The van der Waals surface area contributed by atoms with E-state index in [1.165, 1.54) is 19.1 Å². The number of rotatable bonds is 7. The number of hydrogen-bond donors (Lipinski definition) is 2. The summed E-state index contributed by atoms with van der Waals surface area (Å²) in [4.78, 5) is 25.1. The predicted octanol–water partition coefficient (Wildman–Crippen LogP) is 0.921. The third kappa shape index (κ3) is 6.54. The fourth-order valence-corrected chi connectivity index (χ4v) is 2.78. The monoisotopic (exact) mass is 337 g/mol. The van der Waals surface area contributed by atoms with Gasteiger partial charge in [0.05, 0.1) is 13.1 Å². The summed E-state index contributed by atoms with van der Waals surface area (Å²) in [5.74, 6) is -0.0316. The summed E-state index contributed by atoms with van der Waals surface area (Å²) < 4.78 is 18.4. The maximum atomic E-state index is 13.0. The number of nitrogens with one attached hydrogen (secondary N) is 2. The lowest BCUT2D eigenvalue weighted by Gasteiger charge is -2.32. The molecule has 132 valence electrons. The smallest absolute Gasteiger partial charge is 0.234 e. The number of carbonyl (C=O) groups excluding carboxylic acids is 2. The van der Waals surface area contributed by atoms with Gasteiger partial charge in [-0.2, -0.15) is 0 Å². The molecule has 2 rings (SSSR count). The van der Waals surface area contributed by atoms with E-state index in [1.54, 1.807) is 12.1 Å². The highest BCUT2D eigenvalue weighted by molar-refractivity contribution is 5.78. The van der Waals surface area contributed by atoms with Crippen molar-refractivity contribution < 1.29 is 18.7 Å². The average molecular weight is 337 g/mol. The van der Waals surface area contributed by atoms with Crippen molar-refractivity contribution in [3.63, 3.8) is 0 Å². The van der Waals surface area contributed by atoms with Gasteiger partial charge in [-0.1, -0.05) is 6.07 Å². The summed E-state index contributed by atoms with van der Waals surface area (Å²) in [6.45, 7) is 3.98. The van der Waals surface area contributed by atoms with Gasteiger partial charge in [-0.3, -0.25) is 14.5 Å². The minimum Gasteiger partial charge on any atom is -0.492 e. The first-order valence-corrected chi connectivity index (χ1v) is 8.17. The molecule has 2 amide bonds. The summed E-state index contributed by atoms with van der Waals surface area (Å²) in [5.41, 5.74) is 0. The molecule has 6 nitrogen and oxygen atoms in total. The third-order valence-corrected chi connectivity index (χ3v) is 3.77. The van der Waals surface area contributed by atoms with Crippen molar-refractivity contribution in [1.82, 2.24) is 15.5 Å². The van der Waals surface area contributed by atoms with Crippen molar-refractivity contribution in [2.24, 2.45) is 0 Å². The van der Waals surface area contributed by atoms with Crippen LogP contribution in [0.1, 0.15) is 19.8 Å². The van der Waals surface area contributed by atoms with Crippen molar-refractivity contribution in [2.75, 3.05) is 32.8 Å². The Morgan fingerprint density at radius 3 is 3.00 bits per heavy atom. The Kier molecular flexibility index (Phi) is 6.99. The highest BCUT2D eigenvalue weighted by Gasteiger charge is 2.21. The number of benzene rings is 1. The molecule has 1 aliphatic rings. The molecular formula is C17H24FN3O3. The van der Waals surface area contributed by atoms with E-state index in [2.05, 4.69) is 10.6 Å². The number of amides is 2. The molecule has 0 aliphatic carbocycles. The molecule has 1 saturated heterocycles. The highest BCUT2D eigenvalue weighted by atomic mass is 19.1. The van der Waals surface area contributed by atoms with Gasteiger partial charge in [0, 0.05) is 25.6 Å². The highest BCUT2D eigenvalue weighted by Crippen LogP contribution is 2.11. The Morgan fingerprint density at radius 1 is 1.42 bits per heavy atom. The topological polar surface area (TPSA) is 70.7 Å². The first kappa shape index (κ1) is 18.2. The van der Waals surface area contributed by atoms with Gasteiger partial charge < -0.3 is 15.4 Å². The Labute approximate surface area is 141 Å². The molecule has 7 heteroatoms. The van der Waals surface area contributed by atoms with E-state index in [0.717, 1.165) is 19.4 Å². The minimum atomic E-state index is -0.352. The summed E-state index contributed by atoms with van der Waals surface area (Å²) in [7, 11) is 0. The lowest BCUT2D eigenvalue weighted by atomic mass is 10.1. The van der Waals surface area contributed by atoms with Crippen molar-refractivity contribution in [3.8, 4) is 5.75 Å². The van der Waals surface area contributed by atoms with Gasteiger partial charge >= 0.3 is 0 Å². The molecule has 1 aromatic rings. The van der Waals surface area contributed by atoms with Crippen LogP contribution in [0.25, 0.3) is 0 Å². The SMILES string of the molecule is CC(=O)NC1CCCN(CC(=O)NCCOc2cccc(F)c2)C1. The molecule has 1 fully saturated rings. The second-order valence-electron chi connectivity index (χ2n) is 5.93. The summed E-state index contributed by atoms with van der Waals surface area (Å²) in [6, 6.07) is 6.01. The Hall–Kier alpha value is -2.15. The van der Waals surface area contributed by atoms with Crippen LogP contribution >= 0.6 is 0 Å². The molecule has 0 aromatic heterocycles. The van der Waals surface area contributed by atoms with E-state index in [0.29, 0.717) is 25.4 Å². The number of piperidine rings is 1. The minimum absolute atomic E-state index is 0.0409. The zero-order valence-electron chi connectivity index (χ0n) is 13.9. The summed E-state index contributed by atoms with van der Waals surface area (Å²) in [5, 5.41) is 5.68. The number of hydrogen-bond acceptors (Lipinski definition) is 4. The van der Waals surface area contributed by atoms with Gasteiger partial charge in [0.1, 0.15) is 18.2 Å². The quantitative estimate of drug-likeness (QED) is 0.726. The van der Waals surface area contributed by atoms with Gasteiger partial charge in [0.15, 0.2) is 0 Å². The molecule has 1 atom stereocenters. The molecule has 24 heavy (non-hydrogen) atoms. The largest absolute Gasteiger partial charge is 0.492 e. The molecule has 0 bridgehead atoms. The zero-order chi connectivity index (χ0) is 17.4. The number of likely N-dealkylation sites (tertiary alicyclic amines) is 1. The van der Waals surface area contributed by atoms with Crippen LogP contribution in [0.15, 0.2) is 24.3 Å². The molecule has 1 aromatic carbocycles. The van der Waals surface area contributed by atoms with Crippen molar-refractivity contribution >= 4 is 11.8 Å². The van der Waals surface area contributed by atoms with Gasteiger partial charge in [0.25, 0.3) is 0 Å². The maximum Gasteiger partial charge on any atom is 0.234 e. The fraction of sp³-hybridized carbons (Fsp3) is 0.529. The molecular weight excluding hydrogens is 313 g/mol. The molecule has 0 spiro atoms. The van der Waals surface area contributed by atoms with E-state index < -0.39 is 0 Å². The van der Waals surface area contributed by atoms with Crippen molar-refractivity contribution in [1.29, 1.82) is 0 Å². The Bertz CT molecular complexity index is 568. The number of ether oxygens (including phenoxy) is 1. The Morgan fingerprint density at radius 2 is 2.25 bits per heavy atom. The van der Waals surface area contributed by atoms with Crippen LogP contribution in [0.2, 0.25) is 0 Å². The summed E-state index contributed by atoms with van der Waals surface area (Å²) in [6.07, 6.45) is 1.90. The van der Waals surface area contributed by atoms with Crippen LogP contribution in [0, 0.1) is 5.82 Å². The van der Waals surface area contributed by atoms with Gasteiger partial charge in [-0.15, -0.1) is 0 Å². The maximum absolute atomic E-state index is 13.0. The molecule has 1 aliphatic heterocycles. The van der Waals surface area contributed by atoms with Crippen LogP contribution in [0.5, 0.6) is 5.75 Å². The first-order valence-electron chi connectivity index (χ1n) is 8.17.